The fourth-order valence-corrected chi connectivity index (χ4v) is 2.52. The van der Waals surface area contributed by atoms with Crippen LogP contribution in [0.5, 0.6) is 0 Å². The molecule has 0 saturated heterocycles. The molecule has 0 heterocycles. The molecule has 0 amide bonds. The average molecular weight is 258 g/mol. The SMILES string of the molecule is CC(C)CC(C)(C)OC(=O)OC(C)(C)CC(C)C. The Hall–Kier alpha value is -0.730. The molecule has 0 fully saturated rings. The first kappa shape index (κ1) is 17.3. The first-order valence-electron chi connectivity index (χ1n) is 6.85. The van der Waals surface area contributed by atoms with E-state index in [-0.39, 0.29) is 0 Å². The molecule has 0 aliphatic heterocycles. The Kier molecular flexibility index (Phi) is 6.18. The molecule has 0 radical (unpaired) electrons. The second-order valence-corrected chi connectivity index (χ2v) is 7.17. The summed E-state index contributed by atoms with van der Waals surface area (Å²) >= 11 is 0. The summed E-state index contributed by atoms with van der Waals surface area (Å²) in [6, 6.07) is 0. The lowest BCUT2D eigenvalue weighted by atomic mass is 9.96. The Morgan fingerprint density at radius 1 is 0.833 bits per heavy atom. The van der Waals surface area contributed by atoms with E-state index in [1.165, 1.54) is 0 Å². The van der Waals surface area contributed by atoms with Gasteiger partial charge in [-0.05, 0) is 52.4 Å². The summed E-state index contributed by atoms with van der Waals surface area (Å²) in [5.74, 6) is 0.966. The highest BCUT2D eigenvalue weighted by atomic mass is 16.7. The molecule has 0 unspecified atom stereocenters. The topological polar surface area (TPSA) is 35.5 Å². The highest BCUT2D eigenvalue weighted by Crippen LogP contribution is 2.24. The lowest BCUT2D eigenvalue weighted by Gasteiger charge is -2.31. The van der Waals surface area contributed by atoms with Crippen LogP contribution in [0.1, 0.15) is 68.2 Å². The molecule has 0 aliphatic rings. The molecule has 3 heteroatoms. The average Bonchev–Trinajstić information content (AvgIpc) is 1.92. The quantitative estimate of drug-likeness (QED) is 0.643. The van der Waals surface area contributed by atoms with Crippen molar-refractivity contribution in [1.82, 2.24) is 0 Å². The number of carbonyl (C=O) groups excluding carboxylic acids is 1. The molecule has 0 bridgehead atoms. The lowest BCUT2D eigenvalue weighted by molar-refractivity contribution is -0.0693. The van der Waals surface area contributed by atoms with Crippen LogP contribution in [0, 0.1) is 11.8 Å². The Morgan fingerprint density at radius 3 is 1.33 bits per heavy atom. The molecule has 108 valence electrons. The lowest BCUT2D eigenvalue weighted by Crippen LogP contribution is -2.35. The monoisotopic (exact) mass is 258 g/mol. The van der Waals surface area contributed by atoms with E-state index >= 15 is 0 Å². The van der Waals surface area contributed by atoms with Gasteiger partial charge < -0.3 is 9.47 Å². The maximum Gasteiger partial charge on any atom is 0.509 e. The highest BCUT2D eigenvalue weighted by Gasteiger charge is 2.30. The van der Waals surface area contributed by atoms with Crippen molar-refractivity contribution >= 4 is 6.16 Å². The van der Waals surface area contributed by atoms with Crippen molar-refractivity contribution in [3.8, 4) is 0 Å². The summed E-state index contributed by atoms with van der Waals surface area (Å²) in [7, 11) is 0. The summed E-state index contributed by atoms with van der Waals surface area (Å²) in [5, 5.41) is 0. The van der Waals surface area contributed by atoms with E-state index in [4.69, 9.17) is 9.47 Å². The summed E-state index contributed by atoms with van der Waals surface area (Å²) in [6.45, 7) is 16.1. The van der Waals surface area contributed by atoms with Crippen molar-refractivity contribution in [3.63, 3.8) is 0 Å². The van der Waals surface area contributed by atoms with Gasteiger partial charge in [0, 0.05) is 0 Å². The van der Waals surface area contributed by atoms with Crippen LogP contribution < -0.4 is 0 Å². The van der Waals surface area contributed by atoms with Gasteiger partial charge in [0.05, 0.1) is 0 Å². The van der Waals surface area contributed by atoms with Crippen molar-refractivity contribution < 1.29 is 14.3 Å². The number of rotatable bonds is 6. The van der Waals surface area contributed by atoms with Crippen LogP contribution in [-0.2, 0) is 9.47 Å². The molecule has 0 saturated carbocycles. The molecule has 0 spiro atoms. The molecule has 0 aromatic carbocycles. The Balaban J connectivity index is 4.34. The molecule has 0 aliphatic carbocycles. The third-order valence-corrected chi connectivity index (χ3v) is 2.52. The molecule has 0 atom stereocenters. The van der Waals surface area contributed by atoms with Crippen LogP contribution in [0.3, 0.4) is 0 Å². The van der Waals surface area contributed by atoms with Crippen molar-refractivity contribution in [1.29, 1.82) is 0 Å². The van der Waals surface area contributed by atoms with Gasteiger partial charge in [-0.3, -0.25) is 0 Å². The minimum absolute atomic E-state index is 0.473. The first-order chi connectivity index (χ1) is 7.93. The van der Waals surface area contributed by atoms with Crippen LogP contribution in [-0.4, -0.2) is 17.4 Å². The van der Waals surface area contributed by atoms with Gasteiger partial charge in [-0.15, -0.1) is 0 Å². The maximum atomic E-state index is 11.8. The molecular weight excluding hydrogens is 228 g/mol. The predicted molar refractivity (Wildman–Crippen MR) is 74.6 cm³/mol. The van der Waals surface area contributed by atoms with E-state index in [0.717, 1.165) is 12.8 Å². The van der Waals surface area contributed by atoms with Crippen molar-refractivity contribution in [2.75, 3.05) is 0 Å². The zero-order valence-corrected chi connectivity index (χ0v) is 13.3. The molecule has 0 aromatic heterocycles. The van der Waals surface area contributed by atoms with E-state index in [0.29, 0.717) is 11.8 Å². The summed E-state index contributed by atoms with van der Waals surface area (Å²) < 4.78 is 10.8. The van der Waals surface area contributed by atoms with Crippen LogP contribution in [0.4, 0.5) is 4.79 Å². The molecule has 18 heavy (non-hydrogen) atoms. The second kappa shape index (κ2) is 6.44. The smallest absolute Gasteiger partial charge is 0.428 e. The largest absolute Gasteiger partial charge is 0.509 e. The third-order valence-electron chi connectivity index (χ3n) is 2.52. The van der Waals surface area contributed by atoms with E-state index in [9.17, 15) is 4.79 Å². The van der Waals surface area contributed by atoms with Crippen LogP contribution in [0.2, 0.25) is 0 Å². The number of hydrogen-bond donors (Lipinski definition) is 0. The summed E-state index contributed by atoms with van der Waals surface area (Å²) in [5.41, 5.74) is -0.946. The number of carbonyl (C=O) groups is 1. The van der Waals surface area contributed by atoms with Crippen molar-refractivity contribution in [2.24, 2.45) is 11.8 Å². The third kappa shape index (κ3) is 8.37. The Morgan fingerprint density at radius 2 is 1.11 bits per heavy atom. The fourth-order valence-electron chi connectivity index (χ4n) is 2.52. The molecule has 0 N–H and O–H groups in total. The zero-order chi connectivity index (χ0) is 14.6. The van der Waals surface area contributed by atoms with E-state index < -0.39 is 17.4 Å². The van der Waals surface area contributed by atoms with E-state index in [1.54, 1.807) is 0 Å². The van der Waals surface area contributed by atoms with E-state index in [1.807, 2.05) is 27.7 Å². The molecule has 0 aromatic rings. The highest BCUT2D eigenvalue weighted by molar-refractivity contribution is 5.61. The molecule has 3 nitrogen and oxygen atoms in total. The van der Waals surface area contributed by atoms with Gasteiger partial charge in [0.2, 0.25) is 0 Å². The van der Waals surface area contributed by atoms with Gasteiger partial charge in [-0.2, -0.15) is 0 Å². The van der Waals surface area contributed by atoms with Crippen molar-refractivity contribution in [2.45, 2.75) is 79.4 Å². The Labute approximate surface area is 112 Å². The van der Waals surface area contributed by atoms with Gasteiger partial charge in [0.15, 0.2) is 0 Å². The van der Waals surface area contributed by atoms with Gasteiger partial charge in [-0.25, -0.2) is 4.79 Å². The normalized spacial score (nSPS) is 13.0. The van der Waals surface area contributed by atoms with Crippen molar-refractivity contribution in [3.05, 3.63) is 0 Å². The van der Waals surface area contributed by atoms with Gasteiger partial charge >= 0.3 is 6.16 Å². The first-order valence-corrected chi connectivity index (χ1v) is 6.85. The minimum atomic E-state index is -0.564. The van der Waals surface area contributed by atoms with Gasteiger partial charge in [-0.1, -0.05) is 27.7 Å². The standard InChI is InChI=1S/C15H30O3/c1-11(2)9-14(5,6)17-13(16)18-15(7,8)10-12(3)4/h11-12H,9-10H2,1-8H3. The molecule has 0 rings (SSSR count). The van der Waals surface area contributed by atoms with Gasteiger partial charge in [0.25, 0.3) is 0 Å². The van der Waals surface area contributed by atoms with Crippen LogP contribution >= 0.6 is 0 Å². The van der Waals surface area contributed by atoms with Crippen LogP contribution in [0.15, 0.2) is 0 Å². The number of hydrogen-bond acceptors (Lipinski definition) is 3. The predicted octanol–water partition coefficient (Wildman–Crippen LogP) is 4.79. The minimum Gasteiger partial charge on any atom is -0.428 e. The van der Waals surface area contributed by atoms with E-state index in [2.05, 4.69) is 27.7 Å². The summed E-state index contributed by atoms with van der Waals surface area (Å²) in [4.78, 5) is 11.8. The van der Waals surface area contributed by atoms with Crippen LogP contribution in [0.25, 0.3) is 0 Å². The second-order valence-electron chi connectivity index (χ2n) is 7.17. The number of ether oxygens (including phenoxy) is 2. The fraction of sp³-hybridized carbons (Fsp3) is 0.933. The molecular formula is C15H30O3. The summed E-state index contributed by atoms with van der Waals surface area (Å²) in [6.07, 6.45) is 1.09. The maximum absolute atomic E-state index is 11.8. The zero-order valence-electron chi connectivity index (χ0n) is 13.3. The Bertz CT molecular complexity index is 239. The van der Waals surface area contributed by atoms with Gasteiger partial charge in [0.1, 0.15) is 11.2 Å².